The lowest BCUT2D eigenvalue weighted by molar-refractivity contribution is 0.415. The van der Waals surface area contributed by atoms with Gasteiger partial charge in [0, 0.05) is 13.2 Å². The lowest BCUT2D eigenvalue weighted by Gasteiger charge is -2.02. The molecule has 0 saturated carbocycles. The third-order valence-corrected chi connectivity index (χ3v) is 3.20. The molecule has 2 heterocycles. The molecular weight excluding hydrogens is 268 g/mol. The number of H-pyrrole nitrogens is 1. The van der Waals surface area contributed by atoms with Crippen LogP contribution < -0.4 is 10.3 Å². The number of hydrogen-bond acceptors (Lipinski definition) is 4. The quantitative estimate of drug-likeness (QED) is 0.795. The summed E-state index contributed by atoms with van der Waals surface area (Å²) in [6, 6.07) is 7.10. The molecule has 21 heavy (non-hydrogen) atoms. The van der Waals surface area contributed by atoms with Gasteiger partial charge in [0.15, 0.2) is 0 Å². The van der Waals surface area contributed by atoms with Gasteiger partial charge in [-0.25, -0.2) is 4.98 Å². The maximum atomic E-state index is 12.1. The van der Waals surface area contributed by atoms with Gasteiger partial charge in [-0.2, -0.15) is 5.10 Å². The number of rotatable bonds is 3. The number of aromatic nitrogens is 4. The molecule has 0 radical (unpaired) electrons. The van der Waals surface area contributed by atoms with E-state index in [0.29, 0.717) is 22.5 Å². The minimum absolute atomic E-state index is 0.191. The summed E-state index contributed by atoms with van der Waals surface area (Å²) in [5.41, 5.74) is 1.36. The van der Waals surface area contributed by atoms with E-state index in [9.17, 15) is 4.79 Å². The fourth-order valence-electron chi connectivity index (χ4n) is 2.05. The van der Waals surface area contributed by atoms with Crippen LogP contribution in [0.3, 0.4) is 0 Å². The molecule has 0 unspecified atom stereocenters. The van der Waals surface area contributed by atoms with Crippen molar-refractivity contribution in [3.05, 3.63) is 52.3 Å². The van der Waals surface area contributed by atoms with E-state index in [1.165, 1.54) is 0 Å². The summed E-state index contributed by atoms with van der Waals surface area (Å²) >= 11 is 0. The zero-order valence-electron chi connectivity index (χ0n) is 11.7. The minimum Gasteiger partial charge on any atom is -0.497 e. The van der Waals surface area contributed by atoms with Crippen molar-refractivity contribution in [1.82, 2.24) is 19.7 Å². The van der Waals surface area contributed by atoms with Crippen molar-refractivity contribution in [3.63, 3.8) is 0 Å². The van der Waals surface area contributed by atoms with Gasteiger partial charge in [-0.1, -0.05) is 0 Å². The highest BCUT2D eigenvalue weighted by atomic mass is 16.5. The molecule has 0 aliphatic carbocycles. The highest BCUT2D eigenvalue weighted by molar-refractivity contribution is 5.80. The molecule has 0 aliphatic heterocycles. The fourth-order valence-corrected chi connectivity index (χ4v) is 2.05. The molecule has 0 aliphatic rings. The summed E-state index contributed by atoms with van der Waals surface area (Å²) in [6.45, 7) is 0. The molecule has 0 spiro atoms. The normalized spacial score (nSPS) is 11.3. The summed E-state index contributed by atoms with van der Waals surface area (Å²) in [5.74, 6) is 1.13. The summed E-state index contributed by atoms with van der Waals surface area (Å²) < 4.78 is 6.85. The molecule has 3 aromatic rings. The maximum absolute atomic E-state index is 12.1. The number of ether oxygens (including phenoxy) is 1. The number of aryl methyl sites for hydroxylation is 1. The summed E-state index contributed by atoms with van der Waals surface area (Å²) in [5, 5.41) is 4.58. The molecule has 0 saturated heterocycles. The van der Waals surface area contributed by atoms with Crippen molar-refractivity contribution in [1.29, 1.82) is 0 Å². The van der Waals surface area contributed by atoms with Crippen molar-refractivity contribution in [3.8, 4) is 5.75 Å². The number of fused-ring (bicyclic) bond motifs is 1. The smallest absolute Gasteiger partial charge is 0.259 e. The van der Waals surface area contributed by atoms with E-state index in [4.69, 9.17) is 4.74 Å². The van der Waals surface area contributed by atoms with Crippen LogP contribution in [-0.2, 0) is 7.05 Å². The molecule has 1 N–H and O–H groups in total. The van der Waals surface area contributed by atoms with Gasteiger partial charge in [0.25, 0.3) is 5.56 Å². The van der Waals surface area contributed by atoms with Gasteiger partial charge in [0.05, 0.1) is 23.7 Å². The zero-order valence-corrected chi connectivity index (χ0v) is 11.7. The van der Waals surface area contributed by atoms with E-state index in [1.54, 1.807) is 42.3 Å². The van der Waals surface area contributed by atoms with E-state index >= 15 is 0 Å². The molecule has 0 fully saturated rings. The largest absolute Gasteiger partial charge is 0.497 e. The van der Waals surface area contributed by atoms with E-state index in [1.807, 2.05) is 19.2 Å². The first-order valence-electron chi connectivity index (χ1n) is 6.41. The third kappa shape index (κ3) is 2.55. The molecule has 0 atom stereocenters. The monoisotopic (exact) mass is 282 g/mol. The second-order valence-electron chi connectivity index (χ2n) is 4.55. The molecule has 6 heteroatoms. The SMILES string of the molecule is COc1ccc2nc(C=Cc3ccnn3C)[nH]c(=O)c2c1. The maximum Gasteiger partial charge on any atom is 0.259 e. The second kappa shape index (κ2) is 5.24. The van der Waals surface area contributed by atoms with Crippen molar-refractivity contribution in [2.75, 3.05) is 7.11 Å². The van der Waals surface area contributed by atoms with Gasteiger partial charge in [0.1, 0.15) is 11.6 Å². The Morgan fingerprint density at radius 1 is 1.29 bits per heavy atom. The van der Waals surface area contributed by atoms with E-state index in [2.05, 4.69) is 15.1 Å². The highest BCUT2D eigenvalue weighted by Crippen LogP contribution is 2.16. The van der Waals surface area contributed by atoms with Crippen molar-refractivity contribution in [2.45, 2.75) is 0 Å². The lowest BCUT2D eigenvalue weighted by Crippen LogP contribution is -2.09. The Morgan fingerprint density at radius 2 is 2.14 bits per heavy atom. The van der Waals surface area contributed by atoms with Crippen LogP contribution >= 0.6 is 0 Å². The predicted octanol–water partition coefficient (Wildman–Crippen LogP) is 1.84. The summed E-state index contributed by atoms with van der Waals surface area (Å²) in [4.78, 5) is 19.3. The number of nitrogens with zero attached hydrogens (tertiary/aromatic N) is 3. The van der Waals surface area contributed by atoms with Gasteiger partial charge < -0.3 is 9.72 Å². The van der Waals surface area contributed by atoms with Gasteiger partial charge in [0.2, 0.25) is 0 Å². The summed E-state index contributed by atoms with van der Waals surface area (Å²) in [6.07, 6.45) is 5.31. The van der Waals surface area contributed by atoms with Crippen molar-refractivity contribution in [2.24, 2.45) is 7.05 Å². The van der Waals surface area contributed by atoms with Crippen LogP contribution in [-0.4, -0.2) is 26.9 Å². The van der Waals surface area contributed by atoms with Gasteiger partial charge in [-0.05, 0) is 36.4 Å². The topological polar surface area (TPSA) is 72.8 Å². The van der Waals surface area contributed by atoms with Crippen LogP contribution in [0.5, 0.6) is 5.75 Å². The third-order valence-electron chi connectivity index (χ3n) is 3.20. The summed E-state index contributed by atoms with van der Waals surface area (Å²) in [7, 11) is 3.41. The molecule has 1 aromatic carbocycles. The highest BCUT2D eigenvalue weighted by Gasteiger charge is 2.04. The second-order valence-corrected chi connectivity index (χ2v) is 4.55. The number of benzene rings is 1. The van der Waals surface area contributed by atoms with Crippen molar-refractivity contribution >= 4 is 23.1 Å². The number of methoxy groups -OCH3 is 1. The Kier molecular flexibility index (Phi) is 3.27. The first kappa shape index (κ1) is 13.1. The first-order valence-corrected chi connectivity index (χ1v) is 6.41. The lowest BCUT2D eigenvalue weighted by atomic mass is 10.2. The van der Waals surface area contributed by atoms with Gasteiger partial charge >= 0.3 is 0 Å². The van der Waals surface area contributed by atoms with Gasteiger partial charge in [-0.3, -0.25) is 9.48 Å². The molecule has 2 aromatic heterocycles. The Morgan fingerprint density at radius 3 is 2.86 bits per heavy atom. The van der Waals surface area contributed by atoms with Crippen LogP contribution in [0.1, 0.15) is 11.5 Å². The van der Waals surface area contributed by atoms with E-state index < -0.39 is 0 Å². The van der Waals surface area contributed by atoms with Crippen LogP contribution in [0.25, 0.3) is 23.1 Å². The Bertz CT molecular complexity index is 877. The van der Waals surface area contributed by atoms with Crippen LogP contribution in [0, 0.1) is 0 Å². The Balaban J connectivity index is 2.03. The van der Waals surface area contributed by atoms with Crippen LogP contribution in [0.2, 0.25) is 0 Å². The minimum atomic E-state index is -0.191. The van der Waals surface area contributed by atoms with Crippen LogP contribution in [0.4, 0.5) is 0 Å². The average Bonchev–Trinajstić information content (AvgIpc) is 2.90. The zero-order chi connectivity index (χ0) is 14.8. The molecule has 3 rings (SSSR count). The van der Waals surface area contributed by atoms with E-state index in [0.717, 1.165) is 5.69 Å². The van der Waals surface area contributed by atoms with Gasteiger partial charge in [-0.15, -0.1) is 0 Å². The molecule has 106 valence electrons. The van der Waals surface area contributed by atoms with Crippen molar-refractivity contribution < 1.29 is 4.74 Å². The van der Waals surface area contributed by atoms with E-state index in [-0.39, 0.29) is 5.56 Å². The Labute approximate surface area is 120 Å². The molecular formula is C15H14N4O2. The number of aromatic amines is 1. The molecule has 0 bridgehead atoms. The number of hydrogen-bond donors (Lipinski definition) is 1. The fraction of sp³-hybridized carbons (Fsp3) is 0.133. The average molecular weight is 282 g/mol. The first-order chi connectivity index (χ1) is 10.2. The van der Waals surface area contributed by atoms with Crippen LogP contribution in [0.15, 0.2) is 35.3 Å². The Hall–Kier alpha value is -2.89. The molecule has 6 nitrogen and oxygen atoms in total. The molecule has 0 amide bonds. The predicted molar refractivity (Wildman–Crippen MR) is 81.1 cm³/mol. The standard InChI is InChI=1S/C15H14N4O2/c1-19-10(7-8-16-19)3-6-14-17-13-5-4-11(21-2)9-12(13)15(20)18-14/h3-9H,1-2H3,(H,17,18,20). The number of nitrogens with one attached hydrogen (secondary N) is 1.